The van der Waals surface area contributed by atoms with Gasteiger partial charge in [-0.05, 0) is 55.8 Å². The highest BCUT2D eigenvalue weighted by molar-refractivity contribution is 5.98. The van der Waals surface area contributed by atoms with Gasteiger partial charge < -0.3 is 21.4 Å². The van der Waals surface area contributed by atoms with Crippen molar-refractivity contribution in [3.63, 3.8) is 0 Å². The first-order chi connectivity index (χ1) is 13.4. The molecule has 142 valence electrons. The van der Waals surface area contributed by atoms with E-state index in [0.29, 0.717) is 29.5 Å². The van der Waals surface area contributed by atoms with E-state index in [-0.39, 0.29) is 11.9 Å². The topological polar surface area (TPSA) is 112 Å². The van der Waals surface area contributed by atoms with Crippen molar-refractivity contribution in [1.82, 2.24) is 19.9 Å². The summed E-state index contributed by atoms with van der Waals surface area (Å²) in [4.78, 5) is 20.8. The summed E-state index contributed by atoms with van der Waals surface area (Å²) in [6.45, 7) is 4.65. The van der Waals surface area contributed by atoms with Crippen LogP contribution >= 0.6 is 0 Å². The number of nitrogens with zero attached hydrogens (tertiary/aromatic N) is 3. The Balaban J connectivity index is 1.52. The molecule has 4 rings (SSSR count). The number of nitrogen functional groups attached to an aromatic ring is 2. The normalized spacial score (nSPS) is 11.4. The number of hydrogen-bond acceptors (Lipinski definition) is 5. The maximum Gasteiger partial charge on any atom is 0.251 e. The smallest absolute Gasteiger partial charge is 0.251 e. The minimum absolute atomic E-state index is 0.124. The number of nitrogens with one attached hydrogen (secondary N) is 1. The first-order valence-electron chi connectivity index (χ1n) is 9.13. The predicted molar refractivity (Wildman–Crippen MR) is 112 cm³/mol. The summed E-state index contributed by atoms with van der Waals surface area (Å²) in [7, 11) is 0. The van der Waals surface area contributed by atoms with E-state index in [4.69, 9.17) is 11.5 Å². The molecule has 0 aliphatic carbocycles. The predicted octanol–water partition coefficient (Wildman–Crippen LogP) is 3.26. The third kappa shape index (κ3) is 3.22. The maximum absolute atomic E-state index is 12.6. The van der Waals surface area contributed by atoms with Gasteiger partial charge in [-0.25, -0.2) is 4.98 Å². The van der Waals surface area contributed by atoms with Crippen LogP contribution in [0.25, 0.3) is 21.8 Å². The first-order valence-corrected chi connectivity index (χ1v) is 9.13. The molecular weight excluding hydrogens is 352 g/mol. The number of aromatic nitrogens is 3. The van der Waals surface area contributed by atoms with Gasteiger partial charge in [0.25, 0.3) is 5.91 Å². The second-order valence-electron chi connectivity index (χ2n) is 7.09. The molecular formula is C21H22N6O. The lowest BCUT2D eigenvalue weighted by molar-refractivity contribution is 0.0951. The Hall–Kier alpha value is -3.61. The van der Waals surface area contributed by atoms with E-state index in [1.807, 2.05) is 48.7 Å². The SMILES string of the molecule is CC(C)n1ccc2cc(C(=O)NCc3ccc4c(N)nc(N)nc4c3)ccc21. The van der Waals surface area contributed by atoms with Crippen LogP contribution < -0.4 is 16.8 Å². The second kappa shape index (κ2) is 6.84. The molecule has 1 amide bonds. The molecule has 28 heavy (non-hydrogen) atoms. The fraction of sp³-hybridized carbons (Fsp3) is 0.190. The molecule has 0 aliphatic heterocycles. The molecule has 0 fully saturated rings. The number of anilines is 2. The highest BCUT2D eigenvalue weighted by Crippen LogP contribution is 2.22. The van der Waals surface area contributed by atoms with Crippen LogP contribution in [0.4, 0.5) is 11.8 Å². The largest absolute Gasteiger partial charge is 0.383 e. The van der Waals surface area contributed by atoms with Gasteiger partial charge in [-0.3, -0.25) is 4.79 Å². The quantitative estimate of drug-likeness (QED) is 0.508. The molecule has 2 aromatic heterocycles. The molecule has 5 N–H and O–H groups in total. The third-order valence-electron chi connectivity index (χ3n) is 4.80. The van der Waals surface area contributed by atoms with Crippen molar-refractivity contribution < 1.29 is 4.79 Å². The Kier molecular flexibility index (Phi) is 4.35. The maximum atomic E-state index is 12.6. The van der Waals surface area contributed by atoms with Crippen LogP contribution in [0.2, 0.25) is 0 Å². The van der Waals surface area contributed by atoms with Crippen LogP contribution in [0.5, 0.6) is 0 Å². The molecule has 0 saturated carbocycles. The van der Waals surface area contributed by atoms with Crippen molar-refractivity contribution >= 4 is 39.5 Å². The van der Waals surface area contributed by atoms with E-state index in [0.717, 1.165) is 21.9 Å². The molecule has 0 aliphatic rings. The zero-order chi connectivity index (χ0) is 19.8. The molecule has 0 saturated heterocycles. The summed E-state index contributed by atoms with van der Waals surface area (Å²) >= 11 is 0. The molecule has 7 nitrogen and oxygen atoms in total. The van der Waals surface area contributed by atoms with Crippen LogP contribution in [-0.4, -0.2) is 20.4 Å². The van der Waals surface area contributed by atoms with E-state index in [9.17, 15) is 4.79 Å². The average molecular weight is 374 g/mol. The highest BCUT2D eigenvalue weighted by atomic mass is 16.1. The molecule has 0 radical (unpaired) electrons. The molecule has 2 aromatic carbocycles. The van der Waals surface area contributed by atoms with Crippen molar-refractivity contribution in [3.05, 3.63) is 59.8 Å². The number of rotatable bonds is 4. The fourth-order valence-electron chi connectivity index (χ4n) is 3.37. The lowest BCUT2D eigenvalue weighted by atomic mass is 10.1. The lowest BCUT2D eigenvalue weighted by Gasteiger charge is -2.10. The number of hydrogen-bond donors (Lipinski definition) is 3. The van der Waals surface area contributed by atoms with Gasteiger partial charge in [0.2, 0.25) is 5.95 Å². The summed E-state index contributed by atoms with van der Waals surface area (Å²) in [5, 5.41) is 4.74. The standard InChI is InChI=1S/C21H22N6O/c1-12(2)27-8-7-14-10-15(4-6-18(14)27)20(28)24-11-13-3-5-16-17(9-13)25-21(23)26-19(16)22/h3-10,12H,11H2,1-2H3,(H,24,28)(H4,22,23,25,26). The molecule has 2 heterocycles. The summed E-state index contributed by atoms with van der Waals surface area (Å²) in [6, 6.07) is 13.8. The van der Waals surface area contributed by atoms with Gasteiger partial charge in [0.05, 0.1) is 5.52 Å². The van der Waals surface area contributed by atoms with E-state index >= 15 is 0 Å². The van der Waals surface area contributed by atoms with E-state index in [1.54, 1.807) is 0 Å². The average Bonchev–Trinajstić information content (AvgIpc) is 3.09. The number of fused-ring (bicyclic) bond motifs is 2. The molecule has 0 spiro atoms. The molecule has 7 heteroatoms. The highest BCUT2D eigenvalue weighted by Gasteiger charge is 2.10. The van der Waals surface area contributed by atoms with E-state index in [2.05, 4.69) is 33.7 Å². The van der Waals surface area contributed by atoms with Crippen LogP contribution in [0.1, 0.15) is 35.8 Å². The Morgan fingerprint density at radius 1 is 1.11 bits per heavy atom. The molecule has 0 atom stereocenters. The number of nitrogens with two attached hydrogens (primary N) is 2. The van der Waals surface area contributed by atoms with E-state index in [1.165, 1.54) is 0 Å². The Morgan fingerprint density at radius 3 is 2.71 bits per heavy atom. The summed E-state index contributed by atoms with van der Waals surface area (Å²) in [5.41, 5.74) is 14.9. The number of carbonyl (C=O) groups is 1. The van der Waals surface area contributed by atoms with Gasteiger partial charge >= 0.3 is 0 Å². The second-order valence-corrected chi connectivity index (χ2v) is 7.09. The third-order valence-corrected chi connectivity index (χ3v) is 4.80. The van der Waals surface area contributed by atoms with Crippen LogP contribution in [0.3, 0.4) is 0 Å². The summed E-state index contributed by atoms with van der Waals surface area (Å²) in [6.07, 6.45) is 2.05. The lowest BCUT2D eigenvalue weighted by Crippen LogP contribution is -2.22. The zero-order valence-corrected chi connectivity index (χ0v) is 15.8. The van der Waals surface area contributed by atoms with Crippen LogP contribution in [0.15, 0.2) is 48.7 Å². The molecule has 4 aromatic rings. The van der Waals surface area contributed by atoms with Gasteiger partial charge in [0.1, 0.15) is 5.82 Å². The van der Waals surface area contributed by atoms with Gasteiger partial charge in [-0.1, -0.05) is 6.07 Å². The summed E-state index contributed by atoms with van der Waals surface area (Å²) in [5.74, 6) is 0.355. The van der Waals surface area contributed by atoms with Crippen molar-refractivity contribution in [3.8, 4) is 0 Å². The fourth-order valence-corrected chi connectivity index (χ4v) is 3.37. The number of amides is 1. The first kappa shape index (κ1) is 17.8. The van der Waals surface area contributed by atoms with Gasteiger partial charge in [-0.15, -0.1) is 0 Å². The Morgan fingerprint density at radius 2 is 1.93 bits per heavy atom. The van der Waals surface area contributed by atoms with Crippen molar-refractivity contribution in [1.29, 1.82) is 0 Å². The summed E-state index contributed by atoms with van der Waals surface area (Å²) < 4.78 is 2.19. The minimum atomic E-state index is -0.124. The van der Waals surface area contributed by atoms with Crippen molar-refractivity contribution in [2.75, 3.05) is 11.5 Å². The molecule has 0 unspecified atom stereocenters. The molecule has 0 bridgehead atoms. The van der Waals surface area contributed by atoms with E-state index < -0.39 is 0 Å². The van der Waals surface area contributed by atoms with Gasteiger partial charge in [-0.2, -0.15) is 4.98 Å². The minimum Gasteiger partial charge on any atom is -0.383 e. The monoisotopic (exact) mass is 374 g/mol. The number of benzene rings is 2. The van der Waals surface area contributed by atoms with Crippen molar-refractivity contribution in [2.24, 2.45) is 0 Å². The Bertz CT molecular complexity index is 1190. The van der Waals surface area contributed by atoms with Crippen LogP contribution in [0, 0.1) is 0 Å². The van der Waals surface area contributed by atoms with Gasteiger partial charge in [0, 0.05) is 40.6 Å². The van der Waals surface area contributed by atoms with Gasteiger partial charge in [0.15, 0.2) is 0 Å². The number of carbonyl (C=O) groups excluding carboxylic acids is 1. The Labute approximate surface area is 162 Å². The zero-order valence-electron chi connectivity index (χ0n) is 15.8. The van der Waals surface area contributed by atoms with Crippen molar-refractivity contribution in [2.45, 2.75) is 26.4 Å². The van der Waals surface area contributed by atoms with Crippen LogP contribution in [-0.2, 0) is 6.54 Å².